The largest absolute Gasteiger partial charge is 0.339 e. The second-order valence-corrected chi connectivity index (χ2v) is 9.06. The SMILES string of the molecule is CCC1CCC2(CC1)NC(=O)N(CC(=O)Nc1ccccc1SC(=O)N(C)C)C2=O. The van der Waals surface area contributed by atoms with Gasteiger partial charge in [0.2, 0.25) is 5.91 Å². The molecule has 2 aliphatic rings. The number of amides is 5. The van der Waals surface area contributed by atoms with Crippen molar-refractivity contribution in [2.45, 2.75) is 49.5 Å². The summed E-state index contributed by atoms with van der Waals surface area (Å²) in [5, 5.41) is 5.39. The molecule has 2 fully saturated rings. The molecule has 1 aromatic rings. The van der Waals surface area contributed by atoms with Crippen LogP contribution in [0.4, 0.5) is 15.3 Å². The molecule has 1 aliphatic carbocycles. The Kier molecular flexibility index (Phi) is 6.70. The van der Waals surface area contributed by atoms with Crippen molar-refractivity contribution in [2.24, 2.45) is 5.92 Å². The summed E-state index contributed by atoms with van der Waals surface area (Å²) < 4.78 is 0. The third-order valence-corrected chi connectivity index (χ3v) is 6.92. The molecule has 2 N–H and O–H groups in total. The molecule has 0 aromatic heterocycles. The van der Waals surface area contributed by atoms with Gasteiger partial charge < -0.3 is 15.5 Å². The lowest BCUT2D eigenvalue weighted by molar-refractivity contribution is -0.135. The first-order valence-electron chi connectivity index (χ1n) is 10.2. The van der Waals surface area contributed by atoms with E-state index in [0.29, 0.717) is 29.3 Å². The van der Waals surface area contributed by atoms with Crippen molar-refractivity contribution >= 4 is 40.5 Å². The van der Waals surface area contributed by atoms with E-state index in [1.165, 1.54) is 4.90 Å². The Morgan fingerprint density at radius 2 is 1.90 bits per heavy atom. The second kappa shape index (κ2) is 9.07. The topological polar surface area (TPSA) is 98.8 Å². The number of para-hydroxylation sites is 1. The Balaban J connectivity index is 1.65. The number of benzene rings is 1. The van der Waals surface area contributed by atoms with Crippen molar-refractivity contribution in [3.63, 3.8) is 0 Å². The summed E-state index contributed by atoms with van der Waals surface area (Å²) in [5.41, 5.74) is -0.400. The van der Waals surface area contributed by atoms with Gasteiger partial charge in [0.15, 0.2) is 0 Å². The van der Waals surface area contributed by atoms with Gasteiger partial charge in [-0.25, -0.2) is 4.79 Å². The molecule has 0 bridgehead atoms. The van der Waals surface area contributed by atoms with Gasteiger partial charge in [0.25, 0.3) is 11.1 Å². The summed E-state index contributed by atoms with van der Waals surface area (Å²) in [6.45, 7) is 1.78. The Hall–Kier alpha value is -2.55. The molecule has 1 saturated carbocycles. The van der Waals surface area contributed by atoms with E-state index in [2.05, 4.69) is 17.6 Å². The molecule has 0 unspecified atom stereocenters. The van der Waals surface area contributed by atoms with Crippen molar-refractivity contribution in [3.05, 3.63) is 24.3 Å². The molecule has 3 rings (SSSR count). The van der Waals surface area contributed by atoms with E-state index >= 15 is 0 Å². The van der Waals surface area contributed by atoms with Gasteiger partial charge in [-0.3, -0.25) is 19.3 Å². The number of nitrogens with one attached hydrogen (secondary N) is 2. The lowest BCUT2D eigenvalue weighted by atomic mass is 9.75. The van der Waals surface area contributed by atoms with E-state index in [4.69, 9.17) is 0 Å². The molecule has 30 heavy (non-hydrogen) atoms. The average Bonchev–Trinajstić information content (AvgIpc) is 2.94. The minimum Gasteiger partial charge on any atom is -0.339 e. The smallest absolute Gasteiger partial charge is 0.325 e. The van der Waals surface area contributed by atoms with Gasteiger partial charge in [-0.05, 0) is 55.5 Å². The van der Waals surface area contributed by atoms with Crippen LogP contribution in [-0.2, 0) is 9.59 Å². The van der Waals surface area contributed by atoms with Crippen molar-refractivity contribution in [3.8, 4) is 0 Å². The normalized spacial score (nSPS) is 23.4. The van der Waals surface area contributed by atoms with Crippen LogP contribution in [0.1, 0.15) is 39.0 Å². The number of carbonyl (C=O) groups is 4. The summed E-state index contributed by atoms with van der Waals surface area (Å²) in [7, 11) is 3.30. The van der Waals surface area contributed by atoms with Gasteiger partial charge in [0, 0.05) is 19.0 Å². The molecule has 1 saturated heterocycles. The van der Waals surface area contributed by atoms with Gasteiger partial charge in [0.05, 0.1) is 5.69 Å². The Labute approximate surface area is 180 Å². The van der Waals surface area contributed by atoms with E-state index in [1.54, 1.807) is 38.4 Å². The van der Waals surface area contributed by atoms with Crippen LogP contribution in [0.2, 0.25) is 0 Å². The molecule has 1 spiro atoms. The zero-order chi connectivity index (χ0) is 21.9. The number of nitrogens with zero attached hydrogens (tertiary/aromatic N) is 2. The number of imide groups is 1. The first kappa shape index (κ1) is 22.1. The summed E-state index contributed by atoms with van der Waals surface area (Å²) >= 11 is 0.996. The fourth-order valence-electron chi connectivity index (χ4n) is 3.91. The Morgan fingerprint density at radius 3 is 2.53 bits per heavy atom. The maximum atomic E-state index is 13.0. The minimum absolute atomic E-state index is 0.171. The molecule has 9 heteroatoms. The standard InChI is InChI=1S/C21H28N4O4S/c1-4-14-9-11-21(12-10-14)18(27)25(19(28)23-21)13-17(26)22-15-7-5-6-8-16(15)30-20(29)24(2)3/h5-8,14H,4,9-13H2,1-3H3,(H,22,26)(H,23,28). The van der Waals surface area contributed by atoms with Crippen molar-refractivity contribution in [1.82, 2.24) is 15.1 Å². The molecule has 5 amide bonds. The molecular weight excluding hydrogens is 404 g/mol. The van der Waals surface area contributed by atoms with Gasteiger partial charge >= 0.3 is 6.03 Å². The highest BCUT2D eigenvalue weighted by atomic mass is 32.2. The van der Waals surface area contributed by atoms with Crippen molar-refractivity contribution in [2.75, 3.05) is 26.0 Å². The van der Waals surface area contributed by atoms with Crippen LogP contribution < -0.4 is 10.6 Å². The Morgan fingerprint density at radius 1 is 1.23 bits per heavy atom. The molecule has 8 nitrogen and oxygen atoms in total. The first-order valence-corrected chi connectivity index (χ1v) is 11.0. The summed E-state index contributed by atoms with van der Waals surface area (Å²) in [6, 6.07) is 6.42. The van der Waals surface area contributed by atoms with E-state index in [1.807, 2.05) is 0 Å². The molecule has 0 radical (unpaired) electrons. The number of urea groups is 1. The molecule has 1 aliphatic heterocycles. The van der Waals surface area contributed by atoms with Gasteiger partial charge in [-0.1, -0.05) is 25.5 Å². The number of anilines is 1. The van der Waals surface area contributed by atoms with Gasteiger partial charge in [-0.15, -0.1) is 0 Å². The molecule has 1 heterocycles. The van der Waals surface area contributed by atoms with Crippen LogP contribution in [0.5, 0.6) is 0 Å². The van der Waals surface area contributed by atoms with Crippen LogP contribution >= 0.6 is 11.8 Å². The van der Waals surface area contributed by atoms with E-state index in [9.17, 15) is 19.2 Å². The van der Waals surface area contributed by atoms with Crippen LogP contribution in [0.25, 0.3) is 0 Å². The van der Waals surface area contributed by atoms with E-state index in [-0.39, 0.29) is 17.7 Å². The minimum atomic E-state index is -0.866. The highest BCUT2D eigenvalue weighted by Gasteiger charge is 2.52. The maximum Gasteiger partial charge on any atom is 0.325 e. The molecule has 1 aromatic carbocycles. The highest BCUT2D eigenvalue weighted by molar-refractivity contribution is 8.13. The number of carbonyl (C=O) groups excluding carboxylic acids is 4. The van der Waals surface area contributed by atoms with Crippen LogP contribution in [0.3, 0.4) is 0 Å². The number of hydrogen-bond acceptors (Lipinski definition) is 5. The molecule has 162 valence electrons. The van der Waals surface area contributed by atoms with Crippen molar-refractivity contribution < 1.29 is 19.2 Å². The summed E-state index contributed by atoms with van der Waals surface area (Å²) in [6.07, 6.45) is 4.08. The maximum absolute atomic E-state index is 13.0. The predicted octanol–water partition coefficient (Wildman–Crippen LogP) is 3.29. The fraction of sp³-hybridized carbons (Fsp3) is 0.524. The van der Waals surface area contributed by atoms with E-state index < -0.39 is 17.5 Å². The van der Waals surface area contributed by atoms with Gasteiger partial charge in [0.1, 0.15) is 12.1 Å². The Bertz CT molecular complexity index is 849. The third-order valence-electron chi connectivity index (χ3n) is 5.81. The highest BCUT2D eigenvalue weighted by Crippen LogP contribution is 2.37. The lowest BCUT2D eigenvalue weighted by Gasteiger charge is -2.34. The fourth-order valence-corrected chi connectivity index (χ4v) is 4.66. The molecule has 0 atom stereocenters. The van der Waals surface area contributed by atoms with Crippen LogP contribution in [0, 0.1) is 5.92 Å². The first-order chi connectivity index (χ1) is 14.3. The number of thioether (sulfide) groups is 1. The third kappa shape index (κ3) is 4.61. The summed E-state index contributed by atoms with van der Waals surface area (Å²) in [5.74, 6) is -0.220. The lowest BCUT2D eigenvalue weighted by Crippen LogP contribution is -2.49. The monoisotopic (exact) mass is 432 g/mol. The predicted molar refractivity (Wildman–Crippen MR) is 115 cm³/mol. The zero-order valence-corrected chi connectivity index (χ0v) is 18.4. The van der Waals surface area contributed by atoms with Gasteiger partial charge in [-0.2, -0.15) is 0 Å². The molecular formula is C21H28N4O4S. The summed E-state index contributed by atoms with van der Waals surface area (Å²) in [4.78, 5) is 53.1. The number of rotatable bonds is 5. The number of hydrogen-bond donors (Lipinski definition) is 2. The second-order valence-electron chi connectivity index (χ2n) is 8.06. The zero-order valence-electron chi connectivity index (χ0n) is 17.6. The average molecular weight is 433 g/mol. The quantitative estimate of drug-likeness (QED) is 0.549. The van der Waals surface area contributed by atoms with E-state index in [0.717, 1.165) is 35.9 Å². The van der Waals surface area contributed by atoms with Crippen LogP contribution in [-0.4, -0.2) is 59.1 Å². The van der Waals surface area contributed by atoms with Crippen molar-refractivity contribution in [1.29, 1.82) is 0 Å². The van der Waals surface area contributed by atoms with Crippen LogP contribution in [0.15, 0.2) is 29.2 Å².